The van der Waals surface area contributed by atoms with Crippen molar-refractivity contribution in [3.8, 4) is 0 Å². The van der Waals surface area contributed by atoms with E-state index in [0.29, 0.717) is 6.54 Å². The lowest BCUT2D eigenvalue weighted by Crippen LogP contribution is -2.64. The van der Waals surface area contributed by atoms with E-state index in [-0.39, 0.29) is 11.4 Å². The van der Waals surface area contributed by atoms with Gasteiger partial charge < -0.3 is 4.90 Å². The van der Waals surface area contributed by atoms with Gasteiger partial charge in [-0.25, -0.2) is 0 Å². The molecule has 1 spiro atoms. The molecule has 1 atom stereocenters. The molecule has 2 aliphatic heterocycles. The third kappa shape index (κ3) is 3.07. The number of amides is 1. The molecule has 4 rings (SSSR count). The number of rotatable bonds is 3. The SMILES string of the molecule is CN1CC(=O)N(c2cnn(C)c2)C[C@]12CCN(Cc1ccccc1)C2. The van der Waals surface area contributed by atoms with Crippen molar-refractivity contribution in [2.24, 2.45) is 7.05 Å². The molecule has 0 aliphatic carbocycles. The fraction of sp³-hybridized carbons (Fsp3) is 0.474. The maximum absolute atomic E-state index is 12.6. The second-order valence-corrected chi connectivity index (χ2v) is 7.38. The molecule has 1 amide bonds. The van der Waals surface area contributed by atoms with Crippen molar-refractivity contribution in [1.82, 2.24) is 19.6 Å². The minimum atomic E-state index is 0.0263. The van der Waals surface area contributed by atoms with Gasteiger partial charge in [-0.2, -0.15) is 5.10 Å². The van der Waals surface area contributed by atoms with Crippen molar-refractivity contribution in [1.29, 1.82) is 0 Å². The quantitative estimate of drug-likeness (QED) is 0.847. The molecule has 0 unspecified atom stereocenters. The van der Waals surface area contributed by atoms with Crippen molar-refractivity contribution in [2.45, 2.75) is 18.5 Å². The number of benzene rings is 1. The number of carbonyl (C=O) groups excluding carboxylic acids is 1. The second-order valence-electron chi connectivity index (χ2n) is 7.38. The molecule has 3 heterocycles. The topological polar surface area (TPSA) is 44.6 Å². The van der Waals surface area contributed by atoms with Gasteiger partial charge in [-0.1, -0.05) is 30.3 Å². The molecule has 0 saturated carbocycles. The first-order valence-corrected chi connectivity index (χ1v) is 8.82. The Kier molecular flexibility index (Phi) is 4.09. The summed E-state index contributed by atoms with van der Waals surface area (Å²) in [6, 6.07) is 10.6. The van der Waals surface area contributed by atoms with Crippen LogP contribution in [0.2, 0.25) is 0 Å². The number of nitrogens with zero attached hydrogens (tertiary/aromatic N) is 5. The van der Waals surface area contributed by atoms with E-state index in [1.165, 1.54) is 5.56 Å². The van der Waals surface area contributed by atoms with E-state index < -0.39 is 0 Å². The number of anilines is 1. The van der Waals surface area contributed by atoms with Crippen molar-refractivity contribution >= 4 is 11.6 Å². The summed E-state index contributed by atoms with van der Waals surface area (Å²) in [4.78, 5) is 19.2. The van der Waals surface area contributed by atoms with Crippen LogP contribution in [0.25, 0.3) is 0 Å². The Bertz CT molecular complexity index is 758. The van der Waals surface area contributed by atoms with Crippen LogP contribution in [0.3, 0.4) is 0 Å². The van der Waals surface area contributed by atoms with Crippen LogP contribution < -0.4 is 4.90 Å². The summed E-state index contributed by atoms with van der Waals surface area (Å²) in [5.41, 5.74) is 2.28. The summed E-state index contributed by atoms with van der Waals surface area (Å²) in [5.74, 6) is 0.155. The molecular weight excluding hydrogens is 314 g/mol. The standard InChI is InChI=1S/C19H25N5O/c1-21-13-18(25)24(17-10-20-22(2)12-17)15-19(21)8-9-23(14-19)11-16-6-4-3-5-7-16/h3-7,10,12H,8-9,11,13-15H2,1-2H3/t19-/m1/s1. The van der Waals surface area contributed by atoms with Gasteiger partial charge in [0.15, 0.2) is 0 Å². The molecule has 132 valence electrons. The Morgan fingerprint density at radius 1 is 1.16 bits per heavy atom. The van der Waals surface area contributed by atoms with Gasteiger partial charge in [0.1, 0.15) is 0 Å². The second kappa shape index (κ2) is 6.28. The van der Waals surface area contributed by atoms with Crippen LogP contribution in [0.1, 0.15) is 12.0 Å². The lowest BCUT2D eigenvalue weighted by molar-refractivity contribution is -0.123. The van der Waals surface area contributed by atoms with Gasteiger partial charge in [0.2, 0.25) is 5.91 Å². The lowest BCUT2D eigenvalue weighted by Gasteiger charge is -2.46. The van der Waals surface area contributed by atoms with Gasteiger partial charge >= 0.3 is 0 Å². The predicted molar refractivity (Wildman–Crippen MR) is 97.3 cm³/mol. The van der Waals surface area contributed by atoms with Crippen LogP contribution >= 0.6 is 0 Å². The molecule has 0 radical (unpaired) electrons. The average Bonchev–Trinajstić information content (AvgIpc) is 3.20. The van der Waals surface area contributed by atoms with E-state index in [9.17, 15) is 4.79 Å². The number of hydrogen-bond donors (Lipinski definition) is 0. The molecule has 2 saturated heterocycles. The molecule has 6 nitrogen and oxygen atoms in total. The van der Waals surface area contributed by atoms with E-state index in [0.717, 1.165) is 38.3 Å². The number of likely N-dealkylation sites (N-methyl/N-ethyl adjacent to an activating group) is 1. The maximum Gasteiger partial charge on any atom is 0.241 e. The van der Waals surface area contributed by atoms with Crippen molar-refractivity contribution < 1.29 is 4.79 Å². The Morgan fingerprint density at radius 3 is 2.68 bits per heavy atom. The summed E-state index contributed by atoms with van der Waals surface area (Å²) in [6.45, 7) is 4.22. The number of piperazine rings is 1. The van der Waals surface area contributed by atoms with Gasteiger partial charge in [-0.15, -0.1) is 0 Å². The molecule has 0 bridgehead atoms. The smallest absolute Gasteiger partial charge is 0.241 e. The summed E-state index contributed by atoms with van der Waals surface area (Å²) in [6.07, 6.45) is 4.79. The van der Waals surface area contributed by atoms with Crippen LogP contribution in [0.5, 0.6) is 0 Å². The summed E-state index contributed by atoms with van der Waals surface area (Å²) >= 11 is 0. The fourth-order valence-electron chi connectivity index (χ4n) is 4.10. The number of carbonyl (C=O) groups is 1. The van der Waals surface area contributed by atoms with E-state index in [2.05, 4.69) is 52.3 Å². The molecule has 2 aliphatic rings. The molecule has 1 aromatic heterocycles. The van der Waals surface area contributed by atoms with E-state index in [1.807, 2.05) is 18.1 Å². The number of likely N-dealkylation sites (tertiary alicyclic amines) is 1. The molecule has 25 heavy (non-hydrogen) atoms. The van der Waals surface area contributed by atoms with Crippen LogP contribution in [0.4, 0.5) is 5.69 Å². The highest BCUT2D eigenvalue weighted by atomic mass is 16.2. The largest absolute Gasteiger partial charge is 0.306 e. The zero-order chi connectivity index (χ0) is 17.4. The van der Waals surface area contributed by atoms with Crippen LogP contribution in [-0.2, 0) is 18.4 Å². The fourth-order valence-corrected chi connectivity index (χ4v) is 4.10. The van der Waals surface area contributed by atoms with Crippen molar-refractivity contribution in [2.75, 3.05) is 38.1 Å². The molecule has 0 N–H and O–H groups in total. The third-order valence-electron chi connectivity index (χ3n) is 5.60. The molecular formula is C19H25N5O. The maximum atomic E-state index is 12.6. The third-order valence-corrected chi connectivity index (χ3v) is 5.60. The van der Waals surface area contributed by atoms with Gasteiger partial charge in [0.25, 0.3) is 0 Å². The number of aryl methyl sites for hydroxylation is 1. The number of hydrogen-bond acceptors (Lipinski definition) is 4. The van der Waals surface area contributed by atoms with Gasteiger partial charge in [-0.3, -0.25) is 19.3 Å². The first-order chi connectivity index (χ1) is 12.1. The zero-order valence-corrected chi connectivity index (χ0v) is 14.9. The minimum Gasteiger partial charge on any atom is -0.306 e. The van der Waals surface area contributed by atoms with Gasteiger partial charge in [0, 0.05) is 39.4 Å². The average molecular weight is 339 g/mol. The highest BCUT2D eigenvalue weighted by Crippen LogP contribution is 2.33. The van der Waals surface area contributed by atoms with Crippen molar-refractivity contribution in [3.63, 3.8) is 0 Å². The van der Waals surface area contributed by atoms with Gasteiger partial charge in [0.05, 0.1) is 24.0 Å². The Balaban J connectivity index is 1.51. The first kappa shape index (κ1) is 16.3. The molecule has 2 fully saturated rings. The Hall–Kier alpha value is -2.18. The normalized spacial score (nSPS) is 25.2. The van der Waals surface area contributed by atoms with Gasteiger partial charge in [-0.05, 0) is 19.0 Å². The van der Waals surface area contributed by atoms with Crippen LogP contribution in [0.15, 0.2) is 42.7 Å². The van der Waals surface area contributed by atoms with Crippen molar-refractivity contribution in [3.05, 3.63) is 48.3 Å². The van der Waals surface area contributed by atoms with Crippen LogP contribution in [-0.4, -0.2) is 64.3 Å². The summed E-state index contributed by atoms with van der Waals surface area (Å²) in [7, 11) is 3.97. The Labute approximate surface area is 148 Å². The molecule has 2 aromatic rings. The van der Waals surface area contributed by atoms with E-state index in [1.54, 1.807) is 10.9 Å². The van der Waals surface area contributed by atoms with E-state index >= 15 is 0 Å². The summed E-state index contributed by atoms with van der Waals surface area (Å²) in [5, 5.41) is 4.23. The first-order valence-electron chi connectivity index (χ1n) is 8.82. The number of aromatic nitrogens is 2. The van der Waals surface area contributed by atoms with Crippen LogP contribution in [0, 0.1) is 0 Å². The summed E-state index contributed by atoms with van der Waals surface area (Å²) < 4.78 is 1.75. The lowest BCUT2D eigenvalue weighted by atomic mass is 9.93. The highest BCUT2D eigenvalue weighted by Gasteiger charge is 2.47. The zero-order valence-electron chi connectivity index (χ0n) is 14.9. The minimum absolute atomic E-state index is 0.0263. The van der Waals surface area contributed by atoms with E-state index in [4.69, 9.17) is 0 Å². The molecule has 1 aromatic carbocycles. The monoisotopic (exact) mass is 339 g/mol. The predicted octanol–water partition coefficient (Wildman–Crippen LogP) is 1.34. The molecule has 6 heteroatoms. The Morgan fingerprint density at radius 2 is 1.96 bits per heavy atom. The highest BCUT2D eigenvalue weighted by molar-refractivity contribution is 5.95.